The standard InChI is InChI=1S/C12H22N2O2/c1-9(11-5-3-7-16-11)14-12(15)8-10-4-2-6-13-10/h9-11,13H,2-8H2,1H3,(H,14,15). The van der Waals surface area contributed by atoms with Crippen molar-refractivity contribution in [3.8, 4) is 0 Å². The number of hydrogen-bond acceptors (Lipinski definition) is 3. The van der Waals surface area contributed by atoms with Crippen LogP contribution in [-0.2, 0) is 9.53 Å². The van der Waals surface area contributed by atoms with E-state index in [1.54, 1.807) is 0 Å². The third kappa shape index (κ3) is 3.19. The molecule has 3 atom stereocenters. The molecule has 2 rings (SSSR count). The van der Waals surface area contributed by atoms with Gasteiger partial charge in [0.1, 0.15) is 0 Å². The molecule has 0 aromatic carbocycles. The SMILES string of the molecule is CC(NC(=O)CC1CCCN1)C1CCCO1. The van der Waals surface area contributed by atoms with Crippen molar-refractivity contribution in [1.82, 2.24) is 10.6 Å². The summed E-state index contributed by atoms with van der Waals surface area (Å²) in [5, 5.41) is 6.38. The van der Waals surface area contributed by atoms with Crippen LogP contribution in [0.15, 0.2) is 0 Å². The molecule has 3 unspecified atom stereocenters. The summed E-state index contributed by atoms with van der Waals surface area (Å²) in [5.41, 5.74) is 0. The molecule has 0 saturated carbocycles. The Balaban J connectivity index is 1.68. The number of carbonyl (C=O) groups is 1. The van der Waals surface area contributed by atoms with Gasteiger partial charge in [0.2, 0.25) is 5.91 Å². The monoisotopic (exact) mass is 226 g/mol. The van der Waals surface area contributed by atoms with E-state index in [-0.39, 0.29) is 18.1 Å². The molecule has 2 aliphatic rings. The van der Waals surface area contributed by atoms with Gasteiger partial charge < -0.3 is 15.4 Å². The van der Waals surface area contributed by atoms with Crippen molar-refractivity contribution >= 4 is 5.91 Å². The van der Waals surface area contributed by atoms with Crippen LogP contribution in [-0.4, -0.2) is 37.2 Å². The van der Waals surface area contributed by atoms with Crippen molar-refractivity contribution in [3.05, 3.63) is 0 Å². The van der Waals surface area contributed by atoms with E-state index in [1.807, 2.05) is 6.92 Å². The molecule has 2 fully saturated rings. The second kappa shape index (κ2) is 5.64. The van der Waals surface area contributed by atoms with Crippen molar-refractivity contribution in [2.75, 3.05) is 13.2 Å². The van der Waals surface area contributed by atoms with Gasteiger partial charge >= 0.3 is 0 Å². The minimum absolute atomic E-state index is 0.149. The topological polar surface area (TPSA) is 50.4 Å². The van der Waals surface area contributed by atoms with Gasteiger partial charge in [-0.3, -0.25) is 4.79 Å². The van der Waals surface area contributed by atoms with Crippen LogP contribution >= 0.6 is 0 Å². The summed E-state index contributed by atoms with van der Waals surface area (Å²) < 4.78 is 5.56. The van der Waals surface area contributed by atoms with Crippen molar-refractivity contribution in [1.29, 1.82) is 0 Å². The summed E-state index contributed by atoms with van der Waals surface area (Å²) in [4.78, 5) is 11.8. The average Bonchev–Trinajstić information content (AvgIpc) is 2.88. The first kappa shape index (κ1) is 11.9. The summed E-state index contributed by atoms with van der Waals surface area (Å²) >= 11 is 0. The minimum atomic E-state index is 0.149. The molecule has 1 amide bonds. The molecule has 0 spiro atoms. The Hall–Kier alpha value is -0.610. The van der Waals surface area contributed by atoms with Gasteiger partial charge in [0.05, 0.1) is 12.1 Å². The lowest BCUT2D eigenvalue weighted by Crippen LogP contribution is -2.42. The van der Waals surface area contributed by atoms with Gasteiger partial charge in [-0.25, -0.2) is 0 Å². The fraction of sp³-hybridized carbons (Fsp3) is 0.917. The maximum Gasteiger partial charge on any atom is 0.221 e. The van der Waals surface area contributed by atoms with E-state index in [1.165, 1.54) is 6.42 Å². The molecule has 0 aliphatic carbocycles. The Morgan fingerprint density at radius 1 is 1.50 bits per heavy atom. The molecule has 4 heteroatoms. The highest BCUT2D eigenvalue weighted by Crippen LogP contribution is 2.16. The van der Waals surface area contributed by atoms with Crippen LogP contribution in [0.5, 0.6) is 0 Å². The van der Waals surface area contributed by atoms with Crippen molar-refractivity contribution < 1.29 is 9.53 Å². The summed E-state index contributed by atoms with van der Waals surface area (Å²) in [6, 6.07) is 0.535. The smallest absolute Gasteiger partial charge is 0.221 e. The second-order valence-electron chi connectivity index (χ2n) is 4.91. The molecule has 2 aliphatic heterocycles. The van der Waals surface area contributed by atoms with Crippen molar-refractivity contribution in [2.24, 2.45) is 0 Å². The summed E-state index contributed by atoms with van der Waals surface area (Å²) in [5.74, 6) is 0.155. The molecule has 0 aromatic heterocycles. The lowest BCUT2D eigenvalue weighted by molar-refractivity contribution is -0.123. The van der Waals surface area contributed by atoms with Gasteiger partial charge in [-0.2, -0.15) is 0 Å². The van der Waals surface area contributed by atoms with E-state index >= 15 is 0 Å². The highest BCUT2D eigenvalue weighted by Gasteiger charge is 2.25. The van der Waals surface area contributed by atoms with Crippen molar-refractivity contribution in [2.45, 2.75) is 57.2 Å². The fourth-order valence-electron chi connectivity index (χ4n) is 2.56. The summed E-state index contributed by atoms with van der Waals surface area (Å²) in [6.07, 6.45) is 5.34. The van der Waals surface area contributed by atoms with Gasteiger partial charge in [-0.1, -0.05) is 0 Å². The quantitative estimate of drug-likeness (QED) is 0.746. The zero-order valence-electron chi connectivity index (χ0n) is 10.00. The number of amides is 1. The zero-order valence-corrected chi connectivity index (χ0v) is 10.00. The molecule has 16 heavy (non-hydrogen) atoms. The van der Waals surface area contributed by atoms with Gasteiger partial charge in [-0.05, 0) is 39.2 Å². The van der Waals surface area contributed by atoms with E-state index in [2.05, 4.69) is 10.6 Å². The number of rotatable bonds is 4. The number of carbonyl (C=O) groups excluding carboxylic acids is 1. The van der Waals surface area contributed by atoms with E-state index in [0.717, 1.165) is 32.4 Å². The van der Waals surface area contributed by atoms with Crippen LogP contribution in [0, 0.1) is 0 Å². The molecular weight excluding hydrogens is 204 g/mol. The van der Waals surface area contributed by atoms with E-state index in [9.17, 15) is 4.79 Å². The first-order valence-electron chi connectivity index (χ1n) is 6.40. The predicted molar refractivity (Wildman–Crippen MR) is 62.2 cm³/mol. The van der Waals surface area contributed by atoms with Crippen molar-refractivity contribution in [3.63, 3.8) is 0 Å². The molecule has 2 saturated heterocycles. The minimum Gasteiger partial charge on any atom is -0.376 e. The van der Waals surface area contributed by atoms with Crippen LogP contribution in [0.25, 0.3) is 0 Å². The molecule has 2 N–H and O–H groups in total. The maximum atomic E-state index is 11.8. The summed E-state index contributed by atoms with van der Waals surface area (Å²) in [7, 11) is 0. The Morgan fingerprint density at radius 3 is 3.00 bits per heavy atom. The Bertz CT molecular complexity index is 233. The molecular formula is C12H22N2O2. The lowest BCUT2D eigenvalue weighted by atomic mass is 10.1. The van der Waals surface area contributed by atoms with Crippen LogP contribution < -0.4 is 10.6 Å². The second-order valence-corrected chi connectivity index (χ2v) is 4.91. The zero-order chi connectivity index (χ0) is 11.4. The third-order valence-electron chi connectivity index (χ3n) is 3.51. The Kier molecular flexibility index (Phi) is 4.18. The predicted octanol–water partition coefficient (Wildman–Crippen LogP) is 0.812. The van der Waals surface area contributed by atoms with Crippen LogP contribution in [0.2, 0.25) is 0 Å². The lowest BCUT2D eigenvalue weighted by Gasteiger charge is -2.21. The molecule has 92 valence electrons. The van der Waals surface area contributed by atoms with Gasteiger partial charge in [0.25, 0.3) is 0 Å². The highest BCUT2D eigenvalue weighted by atomic mass is 16.5. The first-order valence-corrected chi connectivity index (χ1v) is 6.40. The summed E-state index contributed by atoms with van der Waals surface area (Å²) in [6.45, 7) is 3.93. The van der Waals surface area contributed by atoms with Crippen LogP contribution in [0.1, 0.15) is 39.0 Å². The molecule has 0 radical (unpaired) electrons. The maximum absolute atomic E-state index is 11.8. The number of hydrogen-bond donors (Lipinski definition) is 2. The largest absolute Gasteiger partial charge is 0.376 e. The highest BCUT2D eigenvalue weighted by molar-refractivity contribution is 5.77. The Morgan fingerprint density at radius 2 is 2.38 bits per heavy atom. The third-order valence-corrected chi connectivity index (χ3v) is 3.51. The molecule has 0 bridgehead atoms. The number of ether oxygens (including phenoxy) is 1. The average molecular weight is 226 g/mol. The van der Waals surface area contributed by atoms with Gasteiger partial charge in [-0.15, -0.1) is 0 Å². The fourth-order valence-corrected chi connectivity index (χ4v) is 2.56. The van der Waals surface area contributed by atoms with E-state index in [0.29, 0.717) is 12.5 Å². The normalized spacial score (nSPS) is 31.6. The molecule has 0 aromatic rings. The van der Waals surface area contributed by atoms with Crippen LogP contribution in [0.3, 0.4) is 0 Å². The molecule has 4 nitrogen and oxygen atoms in total. The molecule has 2 heterocycles. The van der Waals surface area contributed by atoms with Gasteiger partial charge in [0, 0.05) is 19.1 Å². The van der Waals surface area contributed by atoms with E-state index < -0.39 is 0 Å². The van der Waals surface area contributed by atoms with Crippen LogP contribution in [0.4, 0.5) is 0 Å². The number of nitrogens with one attached hydrogen (secondary N) is 2. The first-order chi connectivity index (χ1) is 7.75. The van der Waals surface area contributed by atoms with E-state index in [4.69, 9.17) is 4.74 Å². The Labute approximate surface area is 97.1 Å². The van der Waals surface area contributed by atoms with Gasteiger partial charge in [0.15, 0.2) is 0 Å².